The fraction of sp³-hybridized carbons (Fsp3) is 0.118. The van der Waals surface area contributed by atoms with Crippen molar-refractivity contribution in [1.29, 1.82) is 0 Å². The molecule has 0 saturated carbocycles. The average Bonchev–Trinajstić information content (AvgIpc) is 2.87. The summed E-state index contributed by atoms with van der Waals surface area (Å²) in [7, 11) is 0. The Morgan fingerprint density at radius 1 is 1.14 bits per heavy atom. The Bertz CT molecular complexity index is 862. The highest BCUT2D eigenvalue weighted by atomic mass is 16.3. The minimum absolute atomic E-state index is 0.121. The lowest BCUT2D eigenvalue weighted by Gasteiger charge is -2.06. The van der Waals surface area contributed by atoms with Gasteiger partial charge in [-0.2, -0.15) is 0 Å². The first kappa shape index (κ1) is 13.2. The Labute approximate surface area is 122 Å². The number of oxazole rings is 1. The molecule has 0 fully saturated rings. The molecule has 0 aliphatic carbocycles. The number of phenols is 2. The van der Waals surface area contributed by atoms with Gasteiger partial charge in [0.2, 0.25) is 5.89 Å². The maximum absolute atomic E-state index is 9.73. The number of fused-ring (bicyclic) bond motifs is 1. The third-order valence-corrected chi connectivity index (χ3v) is 3.71. The van der Waals surface area contributed by atoms with Gasteiger partial charge in [-0.15, -0.1) is 0 Å². The summed E-state index contributed by atoms with van der Waals surface area (Å²) in [4.78, 5) is 4.43. The van der Waals surface area contributed by atoms with Gasteiger partial charge in [0.15, 0.2) is 5.58 Å². The minimum Gasteiger partial charge on any atom is -0.508 e. The molecular formula is C17H15NO3. The lowest BCUT2D eigenvalue weighted by atomic mass is 10.0. The monoisotopic (exact) mass is 281 g/mol. The van der Waals surface area contributed by atoms with Crippen LogP contribution in [0.4, 0.5) is 0 Å². The number of aromatic hydroxyl groups is 2. The molecule has 0 amide bonds. The first-order chi connectivity index (χ1) is 10.0. The Balaban J connectivity index is 2.27. The van der Waals surface area contributed by atoms with Gasteiger partial charge < -0.3 is 14.6 Å². The maximum Gasteiger partial charge on any atom is 0.227 e. The first-order valence-corrected chi connectivity index (χ1v) is 6.56. The predicted molar refractivity (Wildman–Crippen MR) is 82.3 cm³/mol. The molecule has 0 aliphatic heterocycles. The van der Waals surface area contributed by atoms with Crippen molar-refractivity contribution in [2.75, 3.05) is 0 Å². The molecule has 3 rings (SSSR count). The molecule has 4 heteroatoms. The van der Waals surface area contributed by atoms with Gasteiger partial charge >= 0.3 is 0 Å². The highest BCUT2D eigenvalue weighted by Gasteiger charge is 2.15. The van der Waals surface area contributed by atoms with Crippen LogP contribution >= 0.6 is 0 Å². The zero-order chi connectivity index (χ0) is 15.1. The quantitative estimate of drug-likeness (QED) is 0.740. The van der Waals surface area contributed by atoms with Crippen LogP contribution in [0.3, 0.4) is 0 Å². The van der Waals surface area contributed by atoms with Gasteiger partial charge in [0.25, 0.3) is 0 Å². The van der Waals surface area contributed by atoms with Gasteiger partial charge in [-0.05, 0) is 43.2 Å². The lowest BCUT2D eigenvalue weighted by Crippen LogP contribution is -1.87. The zero-order valence-electron chi connectivity index (χ0n) is 11.8. The van der Waals surface area contributed by atoms with Crippen LogP contribution in [0.25, 0.3) is 28.6 Å². The molecule has 2 aromatic carbocycles. The predicted octanol–water partition coefficient (Wildman–Crippen LogP) is 4.17. The molecule has 4 nitrogen and oxygen atoms in total. The van der Waals surface area contributed by atoms with Crippen LogP contribution in [-0.2, 0) is 0 Å². The van der Waals surface area contributed by atoms with E-state index in [2.05, 4.69) is 11.6 Å². The van der Waals surface area contributed by atoms with Crippen LogP contribution in [-0.4, -0.2) is 15.2 Å². The van der Waals surface area contributed by atoms with Gasteiger partial charge in [-0.3, -0.25) is 0 Å². The van der Waals surface area contributed by atoms with Crippen molar-refractivity contribution in [3.05, 3.63) is 47.5 Å². The molecular weight excluding hydrogens is 266 g/mol. The molecule has 3 aromatic rings. The van der Waals surface area contributed by atoms with Crippen molar-refractivity contribution in [2.45, 2.75) is 13.8 Å². The van der Waals surface area contributed by atoms with Gasteiger partial charge in [0, 0.05) is 17.2 Å². The van der Waals surface area contributed by atoms with Crippen LogP contribution in [0.1, 0.15) is 16.7 Å². The number of benzene rings is 2. The number of phenolic OH excluding ortho intramolecular Hbond substituents is 2. The fourth-order valence-corrected chi connectivity index (χ4v) is 2.35. The molecule has 0 bridgehead atoms. The minimum atomic E-state index is 0.121. The van der Waals surface area contributed by atoms with Gasteiger partial charge in [-0.1, -0.05) is 12.7 Å². The first-order valence-electron chi connectivity index (χ1n) is 6.56. The van der Waals surface area contributed by atoms with Crippen molar-refractivity contribution in [1.82, 2.24) is 4.98 Å². The molecule has 0 atom stereocenters. The standard InChI is InChI=1S/C17H15NO3/c1-4-11-7-12(19)8-14-16(11)21-17(18-14)13-5-6-15(20)10(3)9(13)2/h4-8,19-20H,1H2,2-3H3. The molecule has 0 unspecified atom stereocenters. The summed E-state index contributed by atoms with van der Waals surface area (Å²) < 4.78 is 5.83. The number of aromatic nitrogens is 1. The Hall–Kier alpha value is -2.75. The third-order valence-electron chi connectivity index (χ3n) is 3.71. The summed E-state index contributed by atoms with van der Waals surface area (Å²) >= 11 is 0. The van der Waals surface area contributed by atoms with Crippen LogP contribution in [0.15, 0.2) is 35.3 Å². The van der Waals surface area contributed by atoms with Crippen LogP contribution in [0.2, 0.25) is 0 Å². The second-order valence-electron chi connectivity index (χ2n) is 4.99. The SMILES string of the molecule is C=Cc1cc(O)cc2nc(-c3ccc(O)c(C)c3C)oc12. The van der Waals surface area contributed by atoms with Crippen molar-refractivity contribution < 1.29 is 14.6 Å². The molecule has 1 aromatic heterocycles. The van der Waals surface area contributed by atoms with E-state index >= 15 is 0 Å². The summed E-state index contributed by atoms with van der Waals surface area (Å²) in [6.45, 7) is 7.47. The molecule has 0 aliphatic rings. The molecule has 0 saturated heterocycles. The van der Waals surface area contributed by atoms with E-state index in [1.807, 2.05) is 13.8 Å². The Kier molecular flexibility index (Phi) is 2.94. The summed E-state index contributed by atoms with van der Waals surface area (Å²) in [6, 6.07) is 6.53. The second kappa shape index (κ2) is 4.66. The van der Waals surface area contributed by atoms with Gasteiger partial charge in [0.1, 0.15) is 17.0 Å². The van der Waals surface area contributed by atoms with E-state index in [9.17, 15) is 10.2 Å². The Morgan fingerprint density at radius 2 is 1.90 bits per heavy atom. The molecule has 0 spiro atoms. The van der Waals surface area contributed by atoms with E-state index < -0.39 is 0 Å². The van der Waals surface area contributed by atoms with Crippen molar-refractivity contribution in [3.8, 4) is 23.0 Å². The largest absolute Gasteiger partial charge is 0.508 e. The zero-order valence-corrected chi connectivity index (χ0v) is 11.8. The van der Waals surface area contributed by atoms with Crippen LogP contribution in [0.5, 0.6) is 11.5 Å². The number of hydrogen-bond donors (Lipinski definition) is 2. The Morgan fingerprint density at radius 3 is 2.62 bits per heavy atom. The van der Waals surface area contributed by atoms with Gasteiger partial charge in [-0.25, -0.2) is 4.98 Å². The molecule has 2 N–H and O–H groups in total. The molecule has 106 valence electrons. The second-order valence-corrected chi connectivity index (χ2v) is 4.99. The topological polar surface area (TPSA) is 66.5 Å². The normalized spacial score (nSPS) is 11.0. The summed E-state index contributed by atoms with van der Waals surface area (Å²) in [5, 5.41) is 19.4. The number of hydrogen-bond acceptors (Lipinski definition) is 4. The van der Waals surface area contributed by atoms with E-state index in [0.717, 1.165) is 16.7 Å². The van der Waals surface area contributed by atoms with Crippen LogP contribution in [0, 0.1) is 13.8 Å². The van der Waals surface area contributed by atoms with Crippen molar-refractivity contribution in [3.63, 3.8) is 0 Å². The smallest absolute Gasteiger partial charge is 0.227 e. The third kappa shape index (κ3) is 2.05. The summed E-state index contributed by atoms with van der Waals surface area (Å²) in [5.41, 5.74) is 4.37. The molecule has 0 radical (unpaired) electrons. The maximum atomic E-state index is 9.73. The average molecular weight is 281 g/mol. The number of rotatable bonds is 2. The number of nitrogens with zero attached hydrogens (tertiary/aromatic N) is 1. The summed E-state index contributed by atoms with van der Waals surface area (Å²) in [5.74, 6) is 0.826. The van der Waals surface area contributed by atoms with Crippen LogP contribution < -0.4 is 0 Å². The van der Waals surface area contributed by atoms with E-state index in [-0.39, 0.29) is 11.5 Å². The van der Waals surface area contributed by atoms with E-state index in [1.54, 1.807) is 30.3 Å². The highest BCUT2D eigenvalue weighted by Crippen LogP contribution is 2.34. The fourth-order valence-electron chi connectivity index (χ4n) is 2.35. The van der Waals surface area contributed by atoms with Crippen molar-refractivity contribution >= 4 is 17.2 Å². The van der Waals surface area contributed by atoms with E-state index in [1.165, 1.54) is 0 Å². The van der Waals surface area contributed by atoms with Gasteiger partial charge in [0.05, 0.1) is 0 Å². The molecule has 1 heterocycles. The van der Waals surface area contributed by atoms with Crippen molar-refractivity contribution in [2.24, 2.45) is 0 Å². The van der Waals surface area contributed by atoms with E-state index in [0.29, 0.717) is 22.6 Å². The highest BCUT2D eigenvalue weighted by molar-refractivity contribution is 5.86. The lowest BCUT2D eigenvalue weighted by molar-refractivity contribution is 0.470. The molecule has 21 heavy (non-hydrogen) atoms. The van der Waals surface area contributed by atoms with E-state index in [4.69, 9.17) is 4.42 Å². The summed E-state index contributed by atoms with van der Waals surface area (Å²) in [6.07, 6.45) is 1.62.